The minimum absolute atomic E-state index is 0.0956. The summed E-state index contributed by atoms with van der Waals surface area (Å²) < 4.78 is 5.50. The molecule has 0 bridgehead atoms. The van der Waals surface area contributed by atoms with Crippen LogP contribution in [0.1, 0.15) is 20.8 Å². The fourth-order valence-corrected chi connectivity index (χ4v) is 2.67. The summed E-state index contributed by atoms with van der Waals surface area (Å²) in [4.78, 5) is 11.7. The third kappa shape index (κ3) is 4.90. The normalized spacial score (nSPS) is 11.5. The van der Waals surface area contributed by atoms with Gasteiger partial charge >= 0.3 is 0 Å². The minimum atomic E-state index is -0.269. The Hall–Kier alpha value is -1.24. The summed E-state index contributed by atoms with van der Waals surface area (Å²) in [5.74, 6) is 0.398. The molecule has 2 rings (SSSR count). The van der Waals surface area contributed by atoms with Gasteiger partial charge in [-0.1, -0.05) is 35.0 Å². The molecule has 0 saturated heterocycles. The van der Waals surface area contributed by atoms with Gasteiger partial charge in [-0.15, -0.1) is 10.2 Å². The molecule has 2 aromatic rings. The monoisotopic (exact) mass is 359 g/mol. The van der Waals surface area contributed by atoms with Crippen LogP contribution in [-0.4, -0.2) is 27.4 Å². The Morgan fingerprint density at radius 1 is 1.32 bits per heavy atom. The Morgan fingerprint density at radius 3 is 2.68 bits per heavy atom. The largest absolute Gasteiger partial charge is 0.411 e. The predicted octanol–water partition coefficient (Wildman–Crippen LogP) is 4.05. The van der Waals surface area contributed by atoms with Crippen LogP contribution < -0.4 is 5.32 Å². The average molecular weight is 360 g/mol. The van der Waals surface area contributed by atoms with E-state index in [1.165, 1.54) is 11.8 Å². The third-order valence-electron chi connectivity index (χ3n) is 2.41. The van der Waals surface area contributed by atoms with Gasteiger partial charge in [0.1, 0.15) is 0 Å². The highest BCUT2D eigenvalue weighted by atomic mass is 35.5. The van der Waals surface area contributed by atoms with Crippen molar-refractivity contribution in [3.05, 3.63) is 28.2 Å². The topological polar surface area (TPSA) is 68.0 Å². The SMILES string of the molecule is CC(C)(C)NC(=O)CSc1nnc(-c2ccc(Cl)cc2Cl)o1. The van der Waals surface area contributed by atoms with Crippen LogP contribution in [0.4, 0.5) is 0 Å². The fourth-order valence-electron chi connectivity index (χ4n) is 1.62. The molecule has 0 saturated carbocycles. The zero-order chi connectivity index (χ0) is 16.3. The van der Waals surface area contributed by atoms with Crippen molar-refractivity contribution in [2.45, 2.75) is 31.5 Å². The Bertz CT molecular complexity index is 683. The number of nitrogens with zero attached hydrogens (tertiary/aromatic N) is 2. The predicted molar refractivity (Wildman–Crippen MR) is 88.4 cm³/mol. The van der Waals surface area contributed by atoms with E-state index in [9.17, 15) is 4.79 Å². The van der Waals surface area contributed by atoms with E-state index in [0.29, 0.717) is 26.7 Å². The van der Waals surface area contributed by atoms with E-state index in [1.54, 1.807) is 18.2 Å². The molecule has 22 heavy (non-hydrogen) atoms. The first-order valence-electron chi connectivity index (χ1n) is 6.47. The van der Waals surface area contributed by atoms with Crippen LogP contribution in [0.3, 0.4) is 0 Å². The van der Waals surface area contributed by atoms with Gasteiger partial charge in [0.05, 0.1) is 16.3 Å². The van der Waals surface area contributed by atoms with Gasteiger partial charge in [0.25, 0.3) is 5.22 Å². The second kappa shape index (κ2) is 6.89. The lowest BCUT2D eigenvalue weighted by atomic mass is 10.1. The lowest BCUT2D eigenvalue weighted by Crippen LogP contribution is -2.41. The van der Waals surface area contributed by atoms with Crippen LogP contribution in [0, 0.1) is 0 Å². The van der Waals surface area contributed by atoms with Crippen molar-refractivity contribution in [3.8, 4) is 11.5 Å². The number of benzene rings is 1. The van der Waals surface area contributed by atoms with Gasteiger partial charge in [0.15, 0.2) is 0 Å². The van der Waals surface area contributed by atoms with Crippen LogP contribution in [0.5, 0.6) is 0 Å². The smallest absolute Gasteiger partial charge is 0.277 e. The quantitative estimate of drug-likeness (QED) is 0.833. The molecular formula is C14H15Cl2N3O2S. The van der Waals surface area contributed by atoms with Gasteiger partial charge in [-0.25, -0.2) is 0 Å². The van der Waals surface area contributed by atoms with Gasteiger partial charge in [0, 0.05) is 10.6 Å². The Labute approximate surface area is 142 Å². The van der Waals surface area contributed by atoms with Crippen LogP contribution in [0.25, 0.3) is 11.5 Å². The summed E-state index contributed by atoms with van der Waals surface area (Å²) >= 11 is 13.1. The second-order valence-corrected chi connectivity index (χ2v) is 7.35. The summed E-state index contributed by atoms with van der Waals surface area (Å²) in [7, 11) is 0. The van der Waals surface area contributed by atoms with Gasteiger partial charge in [-0.05, 0) is 39.0 Å². The number of rotatable bonds is 4. The van der Waals surface area contributed by atoms with Gasteiger partial charge in [-0.3, -0.25) is 4.79 Å². The first-order chi connectivity index (χ1) is 10.2. The molecule has 0 aliphatic carbocycles. The van der Waals surface area contributed by atoms with Crippen molar-refractivity contribution in [3.63, 3.8) is 0 Å². The van der Waals surface area contributed by atoms with Crippen molar-refractivity contribution in [2.75, 3.05) is 5.75 Å². The zero-order valence-electron chi connectivity index (χ0n) is 12.3. The summed E-state index contributed by atoms with van der Waals surface area (Å²) in [6.07, 6.45) is 0. The van der Waals surface area contributed by atoms with Gasteiger partial charge in [0.2, 0.25) is 11.8 Å². The summed E-state index contributed by atoms with van der Waals surface area (Å²) in [5, 5.41) is 12.0. The van der Waals surface area contributed by atoms with Crippen LogP contribution in [-0.2, 0) is 4.79 Å². The van der Waals surface area contributed by atoms with Crippen molar-refractivity contribution in [1.82, 2.24) is 15.5 Å². The van der Waals surface area contributed by atoms with E-state index >= 15 is 0 Å². The number of aromatic nitrogens is 2. The summed E-state index contributed by atoms with van der Waals surface area (Å²) in [5.41, 5.74) is 0.332. The molecule has 1 N–H and O–H groups in total. The highest BCUT2D eigenvalue weighted by molar-refractivity contribution is 7.99. The summed E-state index contributed by atoms with van der Waals surface area (Å²) in [6.45, 7) is 5.76. The number of amides is 1. The zero-order valence-corrected chi connectivity index (χ0v) is 14.6. The Balaban J connectivity index is 2.01. The molecule has 5 nitrogen and oxygen atoms in total. The molecule has 0 radical (unpaired) electrons. The van der Waals surface area contributed by atoms with Crippen LogP contribution in [0.15, 0.2) is 27.8 Å². The molecule has 1 heterocycles. The maximum absolute atomic E-state index is 11.7. The van der Waals surface area contributed by atoms with Gasteiger partial charge < -0.3 is 9.73 Å². The number of hydrogen-bond donors (Lipinski definition) is 1. The van der Waals surface area contributed by atoms with Crippen molar-refractivity contribution < 1.29 is 9.21 Å². The average Bonchev–Trinajstić information content (AvgIpc) is 2.83. The van der Waals surface area contributed by atoms with E-state index < -0.39 is 0 Å². The molecule has 0 aliphatic heterocycles. The van der Waals surface area contributed by atoms with Crippen LogP contribution >= 0.6 is 35.0 Å². The molecule has 8 heteroatoms. The van der Waals surface area contributed by atoms with E-state index in [0.717, 1.165) is 0 Å². The third-order valence-corrected chi connectivity index (χ3v) is 3.78. The molecule has 1 aromatic heterocycles. The lowest BCUT2D eigenvalue weighted by molar-refractivity contribution is -0.119. The standard InChI is InChI=1S/C14H15Cl2N3O2S/c1-14(2,3)17-11(20)7-22-13-19-18-12(21-13)9-5-4-8(15)6-10(9)16/h4-6H,7H2,1-3H3,(H,17,20). The van der Waals surface area contributed by atoms with Crippen molar-refractivity contribution in [2.24, 2.45) is 0 Å². The molecule has 1 aromatic carbocycles. The first-order valence-corrected chi connectivity index (χ1v) is 8.21. The van der Waals surface area contributed by atoms with Crippen molar-refractivity contribution >= 4 is 40.9 Å². The highest BCUT2D eigenvalue weighted by Crippen LogP contribution is 2.30. The molecule has 0 atom stereocenters. The number of thioether (sulfide) groups is 1. The number of carbonyl (C=O) groups is 1. The molecule has 0 unspecified atom stereocenters. The van der Waals surface area contributed by atoms with Crippen LogP contribution in [0.2, 0.25) is 10.0 Å². The molecule has 0 spiro atoms. The molecule has 0 aliphatic rings. The highest BCUT2D eigenvalue weighted by Gasteiger charge is 2.16. The maximum Gasteiger partial charge on any atom is 0.277 e. The summed E-state index contributed by atoms with van der Waals surface area (Å²) in [6, 6.07) is 5.00. The van der Waals surface area contributed by atoms with E-state index in [4.69, 9.17) is 27.6 Å². The molecule has 1 amide bonds. The molecule has 0 fully saturated rings. The molecule has 118 valence electrons. The van der Waals surface area contributed by atoms with E-state index in [1.807, 2.05) is 20.8 Å². The lowest BCUT2D eigenvalue weighted by Gasteiger charge is -2.19. The van der Waals surface area contributed by atoms with E-state index in [-0.39, 0.29) is 17.2 Å². The number of nitrogens with one attached hydrogen (secondary N) is 1. The minimum Gasteiger partial charge on any atom is -0.411 e. The number of carbonyl (C=O) groups excluding carboxylic acids is 1. The fraction of sp³-hybridized carbons (Fsp3) is 0.357. The number of halogens is 2. The Kier molecular flexibility index (Phi) is 5.36. The number of hydrogen-bond acceptors (Lipinski definition) is 5. The second-order valence-electron chi connectivity index (χ2n) is 5.58. The first kappa shape index (κ1) is 17.1. The van der Waals surface area contributed by atoms with Gasteiger partial charge in [-0.2, -0.15) is 0 Å². The van der Waals surface area contributed by atoms with Crippen molar-refractivity contribution in [1.29, 1.82) is 0 Å². The Morgan fingerprint density at radius 2 is 2.05 bits per heavy atom. The maximum atomic E-state index is 11.7. The van der Waals surface area contributed by atoms with E-state index in [2.05, 4.69) is 15.5 Å². The molecular weight excluding hydrogens is 345 g/mol.